The second-order valence-corrected chi connectivity index (χ2v) is 13.2. The lowest BCUT2D eigenvalue weighted by Crippen LogP contribution is -2.52. The smallest absolute Gasteiger partial charge is 0.264 e. The molecule has 0 radical (unpaired) electrons. The number of anilines is 1. The maximum Gasteiger partial charge on any atom is 0.264 e. The van der Waals surface area contributed by atoms with Crippen molar-refractivity contribution in [2.45, 2.75) is 50.7 Å². The fourth-order valence-electron chi connectivity index (χ4n) is 4.44. The maximum absolute atomic E-state index is 14.1. The zero-order valence-electron chi connectivity index (χ0n) is 25.2. The Morgan fingerprint density at radius 3 is 2.02 bits per heavy atom. The molecule has 0 aliphatic carbocycles. The monoisotopic (exact) mass is 667 g/mol. The fourth-order valence-corrected chi connectivity index (χ4v) is 6.19. The standard InChI is InChI=1S/C34H35Cl2N3O5S/c1-4-24(2)37-34(41)25(3)38(22-26-15-20-31(35)32(36)21-26)33(40)23-39(45(42,43)30-13-9-6-10-14-30)27-16-18-29(19-17-27)44-28-11-7-5-8-12-28/h5-21,24-25H,4,22-23H2,1-3H3,(H,37,41)/t24-,25-/m1/s1. The second kappa shape index (κ2) is 15.3. The minimum Gasteiger partial charge on any atom is -0.457 e. The molecule has 2 amide bonds. The molecule has 0 fully saturated rings. The molecule has 0 aromatic heterocycles. The number of nitrogens with one attached hydrogen (secondary N) is 1. The molecule has 4 aromatic carbocycles. The van der Waals surface area contributed by atoms with Gasteiger partial charge in [0.05, 0.1) is 20.6 Å². The van der Waals surface area contributed by atoms with Gasteiger partial charge in [-0.1, -0.05) is 72.6 Å². The van der Waals surface area contributed by atoms with Crippen LogP contribution in [0.4, 0.5) is 5.69 Å². The molecular formula is C34H35Cl2N3O5S. The van der Waals surface area contributed by atoms with E-state index in [9.17, 15) is 18.0 Å². The number of hydrogen-bond acceptors (Lipinski definition) is 5. The predicted molar refractivity (Wildman–Crippen MR) is 178 cm³/mol. The van der Waals surface area contributed by atoms with E-state index >= 15 is 0 Å². The molecule has 0 aliphatic rings. The Hall–Kier alpha value is -4.05. The number of para-hydroxylation sites is 1. The average molecular weight is 669 g/mol. The van der Waals surface area contributed by atoms with Crippen LogP contribution in [-0.4, -0.2) is 43.8 Å². The van der Waals surface area contributed by atoms with E-state index in [1.807, 2.05) is 32.0 Å². The third-order valence-electron chi connectivity index (χ3n) is 7.22. The minimum atomic E-state index is -4.20. The zero-order chi connectivity index (χ0) is 32.6. The van der Waals surface area contributed by atoms with E-state index < -0.39 is 28.5 Å². The van der Waals surface area contributed by atoms with Crippen molar-refractivity contribution < 1.29 is 22.7 Å². The van der Waals surface area contributed by atoms with Crippen LogP contribution in [0.25, 0.3) is 0 Å². The van der Waals surface area contributed by atoms with Gasteiger partial charge in [0.2, 0.25) is 11.8 Å². The minimum absolute atomic E-state index is 0.00606. The topological polar surface area (TPSA) is 96.0 Å². The molecule has 8 nitrogen and oxygen atoms in total. The van der Waals surface area contributed by atoms with Crippen LogP contribution in [0.15, 0.2) is 108 Å². The third-order valence-corrected chi connectivity index (χ3v) is 9.75. The van der Waals surface area contributed by atoms with Crippen molar-refractivity contribution in [1.82, 2.24) is 10.2 Å². The van der Waals surface area contributed by atoms with E-state index in [0.29, 0.717) is 33.5 Å². The molecule has 236 valence electrons. The molecule has 45 heavy (non-hydrogen) atoms. The predicted octanol–water partition coefficient (Wildman–Crippen LogP) is 7.31. The molecule has 0 aliphatic heterocycles. The summed E-state index contributed by atoms with van der Waals surface area (Å²) >= 11 is 12.4. The van der Waals surface area contributed by atoms with Crippen LogP contribution in [0.2, 0.25) is 10.0 Å². The highest BCUT2D eigenvalue weighted by atomic mass is 35.5. The summed E-state index contributed by atoms with van der Waals surface area (Å²) in [6.07, 6.45) is 0.701. The molecule has 0 saturated carbocycles. The van der Waals surface area contributed by atoms with Crippen LogP contribution in [0.3, 0.4) is 0 Å². The number of benzene rings is 4. The van der Waals surface area contributed by atoms with Crippen LogP contribution in [0.5, 0.6) is 11.5 Å². The van der Waals surface area contributed by atoms with Crippen LogP contribution in [-0.2, 0) is 26.2 Å². The lowest BCUT2D eigenvalue weighted by molar-refractivity contribution is -0.139. The van der Waals surface area contributed by atoms with E-state index in [2.05, 4.69) is 5.32 Å². The Morgan fingerprint density at radius 1 is 0.822 bits per heavy atom. The lowest BCUT2D eigenvalue weighted by Gasteiger charge is -2.32. The highest BCUT2D eigenvalue weighted by molar-refractivity contribution is 7.92. The van der Waals surface area contributed by atoms with Crippen LogP contribution >= 0.6 is 23.2 Å². The summed E-state index contributed by atoms with van der Waals surface area (Å²) < 4.78 is 34.9. The van der Waals surface area contributed by atoms with Crippen molar-refractivity contribution >= 4 is 50.7 Å². The molecule has 1 N–H and O–H groups in total. The highest BCUT2D eigenvalue weighted by Gasteiger charge is 2.33. The van der Waals surface area contributed by atoms with E-state index in [0.717, 1.165) is 4.31 Å². The molecule has 0 heterocycles. The number of nitrogens with zero attached hydrogens (tertiary/aromatic N) is 2. The van der Waals surface area contributed by atoms with Crippen molar-refractivity contribution in [3.05, 3.63) is 119 Å². The maximum atomic E-state index is 14.1. The van der Waals surface area contributed by atoms with Gasteiger partial charge in [-0.15, -0.1) is 0 Å². The Morgan fingerprint density at radius 2 is 1.42 bits per heavy atom. The van der Waals surface area contributed by atoms with Crippen LogP contribution in [0, 0.1) is 0 Å². The SMILES string of the molecule is CC[C@@H](C)NC(=O)[C@@H](C)N(Cc1ccc(Cl)c(Cl)c1)C(=O)CN(c1ccc(Oc2ccccc2)cc1)S(=O)(=O)c1ccccc1. The van der Waals surface area contributed by atoms with Gasteiger partial charge in [-0.05, 0) is 86.5 Å². The summed E-state index contributed by atoms with van der Waals surface area (Å²) in [5.74, 6) is 0.163. The molecule has 4 aromatic rings. The Labute approximate surface area is 274 Å². The normalized spacial score (nSPS) is 12.6. The number of halogens is 2. The van der Waals surface area contributed by atoms with Gasteiger partial charge in [0.1, 0.15) is 24.1 Å². The van der Waals surface area contributed by atoms with Gasteiger partial charge in [-0.2, -0.15) is 0 Å². The first kappa shape index (κ1) is 33.8. The first-order chi connectivity index (χ1) is 21.5. The lowest BCUT2D eigenvalue weighted by atomic mass is 10.1. The number of hydrogen-bond donors (Lipinski definition) is 1. The Balaban J connectivity index is 1.70. The third kappa shape index (κ3) is 8.78. The molecule has 11 heteroatoms. The summed E-state index contributed by atoms with van der Waals surface area (Å²) in [5.41, 5.74) is 0.875. The highest BCUT2D eigenvalue weighted by Crippen LogP contribution is 2.29. The van der Waals surface area contributed by atoms with Gasteiger partial charge >= 0.3 is 0 Å². The number of sulfonamides is 1. The number of amides is 2. The number of carbonyl (C=O) groups is 2. The van der Waals surface area contributed by atoms with Crippen molar-refractivity contribution in [2.24, 2.45) is 0 Å². The molecule has 0 saturated heterocycles. The molecule has 0 unspecified atom stereocenters. The number of rotatable bonds is 13. The van der Waals surface area contributed by atoms with E-state index in [1.165, 1.54) is 17.0 Å². The Kier molecular flexibility index (Phi) is 11.5. The zero-order valence-corrected chi connectivity index (χ0v) is 27.5. The van der Waals surface area contributed by atoms with Gasteiger partial charge in [0, 0.05) is 12.6 Å². The largest absolute Gasteiger partial charge is 0.457 e. The fraction of sp³-hybridized carbons (Fsp3) is 0.235. The summed E-state index contributed by atoms with van der Waals surface area (Å²) in [7, 11) is -4.20. The van der Waals surface area contributed by atoms with Crippen LogP contribution in [0.1, 0.15) is 32.8 Å². The van der Waals surface area contributed by atoms with Gasteiger partial charge < -0.3 is 15.0 Å². The summed E-state index contributed by atoms with van der Waals surface area (Å²) in [4.78, 5) is 28.7. The molecule has 0 spiro atoms. The molecule has 2 atom stereocenters. The molecule has 0 bridgehead atoms. The van der Waals surface area contributed by atoms with Crippen molar-refractivity contribution in [3.8, 4) is 11.5 Å². The summed E-state index contributed by atoms with van der Waals surface area (Å²) in [5, 5.41) is 3.56. The van der Waals surface area contributed by atoms with Crippen LogP contribution < -0.4 is 14.4 Å². The van der Waals surface area contributed by atoms with Gasteiger partial charge in [-0.25, -0.2) is 8.42 Å². The Bertz CT molecular complexity index is 1710. The van der Waals surface area contributed by atoms with Crippen molar-refractivity contribution in [1.29, 1.82) is 0 Å². The van der Waals surface area contributed by atoms with Gasteiger partial charge in [-0.3, -0.25) is 13.9 Å². The number of ether oxygens (including phenoxy) is 1. The first-order valence-corrected chi connectivity index (χ1v) is 16.6. The summed E-state index contributed by atoms with van der Waals surface area (Å²) in [6.45, 7) is 4.84. The first-order valence-electron chi connectivity index (χ1n) is 14.4. The van der Waals surface area contributed by atoms with Gasteiger partial charge in [0.25, 0.3) is 10.0 Å². The van der Waals surface area contributed by atoms with E-state index in [1.54, 1.807) is 79.7 Å². The average Bonchev–Trinajstić information content (AvgIpc) is 3.04. The quantitative estimate of drug-likeness (QED) is 0.161. The number of carbonyl (C=O) groups excluding carboxylic acids is 2. The van der Waals surface area contributed by atoms with Crippen molar-refractivity contribution in [3.63, 3.8) is 0 Å². The summed E-state index contributed by atoms with van der Waals surface area (Å²) in [6, 6.07) is 27.4. The van der Waals surface area contributed by atoms with Gasteiger partial charge in [0.15, 0.2) is 0 Å². The van der Waals surface area contributed by atoms with E-state index in [4.69, 9.17) is 27.9 Å². The van der Waals surface area contributed by atoms with Crippen molar-refractivity contribution in [2.75, 3.05) is 10.8 Å². The molecule has 4 rings (SSSR count). The molecular weight excluding hydrogens is 633 g/mol. The second-order valence-electron chi connectivity index (χ2n) is 10.5. The van der Waals surface area contributed by atoms with E-state index in [-0.39, 0.29) is 29.1 Å².